The number of anilines is 1. The summed E-state index contributed by atoms with van der Waals surface area (Å²) in [5, 5.41) is 3.43. The highest BCUT2D eigenvalue weighted by atomic mass is 19.1. The Bertz CT molecular complexity index is 421. The van der Waals surface area contributed by atoms with E-state index in [9.17, 15) is 8.78 Å². The van der Waals surface area contributed by atoms with Crippen LogP contribution in [0.5, 0.6) is 0 Å². The van der Waals surface area contributed by atoms with Crippen LogP contribution in [-0.2, 0) is 0 Å². The van der Waals surface area contributed by atoms with Crippen LogP contribution in [0, 0.1) is 23.5 Å². The molecule has 1 fully saturated rings. The first kappa shape index (κ1) is 14.3. The summed E-state index contributed by atoms with van der Waals surface area (Å²) in [5.41, 5.74) is 0.395. The third-order valence-corrected chi connectivity index (χ3v) is 3.52. The Morgan fingerprint density at radius 2 is 2.16 bits per heavy atom. The summed E-state index contributed by atoms with van der Waals surface area (Å²) in [6, 6.07) is 3.66. The lowest BCUT2D eigenvalue weighted by Crippen LogP contribution is -2.29. The van der Waals surface area contributed by atoms with Crippen molar-refractivity contribution in [3.8, 4) is 0 Å². The number of halogens is 2. The maximum Gasteiger partial charge on any atom is 0.146 e. The Morgan fingerprint density at radius 1 is 1.37 bits per heavy atom. The molecule has 1 aromatic carbocycles. The van der Waals surface area contributed by atoms with Gasteiger partial charge in [0.05, 0.1) is 5.69 Å². The largest absolute Gasteiger partial charge is 0.369 e. The average molecular weight is 268 g/mol. The Kier molecular flexibility index (Phi) is 4.75. The molecule has 0 spiro atoms. The molecule has 1 heterocycles. The molecule has 2 rings (SSSR count). The van der Waals surface area contributed by atoms with E-state index in [2.05, 4.69) is 19.2 Å². The molecule has 2 nitrogen and oxygen atoms in total. The first-order chi connectivity index (χ1) is 9.06. The van der Waals surface area contributed by atoms with E-state index in [1.165, 1.54) is 12.1 Å². The summed E-state index contributed by atoms with van der Waals surface area (Å²) >= 11 is 0. The molecule has 1 unspecified atom stereocenters. The highest BCUT2D eigenvalue weighted by Crippen LogP contribution is 2.26. The molecule has 1 N–H and O–H groups in total. The van der Waals surface area contributed by atoms with E-state index >= 15 is 0 Å². The van der Waals surface area contributed by atoms with Crippen molar-refractivity contribution >= 4 is 5.69 Å². The van der Waals surface area contributed by atoms with Crippen LogP contribution in [0.25, 0.3) is 0 Å². The Hall–Kier alpha value is -1.16. The van der Waals surface area contributed by atoms with Crippen molar-refractivity contribution in [2.75, 3.05) is 31.1 Å². The molecule has 1 aliphatic rings. The molecular formula is C15H22F2N2. The van der Waals surface area contributed by atoms with Crippen molar-refractivity contribution in [3.63, 3.8) is 0 Å². The minimum absolute atomic E-state index is 0.336. The Morgan fingerprint density at radius 3 is 2.89 bits per heavy atom. The molecular weight excluding hydrogens is 246 g/mol. The summed E-state index contributed by atoms with van der Waals surface area (Å²) in [5.74, 6) is 0.439. The smallest absolute Gasteiger partial charge is 0.146 e. The normalized spacial score (nSPS) is 19.4. The van der Waals surface area contributed by atoms with Crippen LogP contribution in [-0.4, -0.2) is 26.2 Å². The zero-order chi connectivity index (χ0) is 13.8. The number of nitrogens with zero attached hydrogens (tertiary/aromatic N) is 1. The van der Waals surface area contributed by atoms with E-state index in [0.717, 1.165) is 38.7 Å². The number of hydrogen-bond acceptors (Lipinski definition) is 2. The first-order valence-corrected chi connectivity index (χ1v) is 6.97. The summed E-state index contributed by atoms with van der Waals surface area (Å²) in [4.78, 5) is 1.94. The molecule has 0 saturated carbocycles. The molecule has 1 aromatic rings. The maximum atomic E-state index is 13.7. The second-order valence-corrected chi connectivity index (χ2v) is 5.75. The summed E-state index contributed by atoms with van der Waals surface area (Å²) in [7, 11) is 0. The zero-order valence-electron chi connectivity index (χ0n) is 11.6. The van der Waals surface area contributed by atoms with E-state index in [1.54, 1.807) is 0 Å². The van der Waals surface area contributed by atoms with Gasteiger partial charge in [0.15, 0.2) is 0 Å². The molecule has 19 heavy (non-hydrogen) atoms. The monoisotopic (exact) mass is 268 g/mol. The molecule has 0 aliphatic carbocycles. The number of hydrogen-bond donors (Lipinski definition) is 1. The number of rotatable bonds is 5. The van der Waals surface area contributed by atoms with Crippen LogP contribution >= 0.6 is 0 Å². The van der Waals surface area contributed by atoms with E-state index < -0.39 is 0 Å². The zero-order valence-corrected chi connectivity index (χ0v) is 11.6. The summed E-state index contributed by atoms with van der Waals surface area (Å²) in [6.45, 7) is 7.91. The average Bonchev–Trinajstić information content (AvgIpc) is 2.80. The van der Waals surface area contributed by atoms with Crippen LogP contribution in [0.2, 0.25) is 0 Å². The molecule has 1 aliphatic heterocycles. The predicted molar refractivity (Wildman–Crippen MR) is 74.4 cm³/mol. The fourth-order valence-electron chi connectivity index (χ4n) is 2.52. The van der Waals surface area contributed by atoms with Crippen LogP contribution in [0.1, 0.15) is 20.3 Å². The summed E-state index contributed by atoms with van der Waals surface area (Å²) < 4.78 is 26.9. The molecule has 106 valence electrons. The minimum atomic E-state index is -0.377. The van der Waals surface area contributed by atoms with Crippen LogP contribution in [0.15, 0.2) is 18.2 Å². The lowest BCUT2D eigenvalue weighted by Gasteiger charge is -2.19. The molecule has 0 radical (unpaired) electrons. The molecule has 1 saturated heterocycles. The Balaban J connectivity index is 1.89. The van der Waals surface area contributed by atoms with Gasteiger partial charge in [-0.05, 0) is 43.5 Å². The SMILES string of the molecule is CC(C)CNCC1CCN(c2cc(F)ccc2F)C1. The van der Waals surface area contributed by atoms with Crippen molar-refractivity contribution in [2.45, 2.75) is 20.3 Å². The topological polar surface area (TPSA) is 15.3 Å². The van der Waals surface area contributed by atoms with E-state index in [4.69, 9.17) is 0 Å². The quantitative estimate of drug-likeness (QED) is 0.883. The van der Waals surface area contributed by atoms with Crippen molar-refractivity contribution in [1.82, 2.24) is 5.32 Å². The van der Waals surface area contributed by atoms with Crippen molar-refractivity contribution < 1.29 is 8.78 Å². The predicted octanol–water partition coefficient (Wildman–Crippen LogP) is 3.04. The standard InChI is InChI=1S/C15H22F2N2/c1-11(2)8-18-9-12-5-6-19(10-12)15-7-13(16)3-4-14(15)17/h3-4,7,11-12,18H,5-6,8-10H2,1-2H3. The van der Waals surface area contributed by atoms with Crippen LogP contribution in [0.4, 0.5) is 14.5 Å². The van der Waals surface area contributed by atoms with Gasteiger partial charge in [0.1, 0.15) is 11.6 Å². The van der Waals surface area contributed by atoms with Crippen molar-refractivity contribution in [1.29, 1.82) is 0 Å². The fraction of sp³-hybridized carbons (Fsp3) is 0.600. The molecule has 0 aromatic heterocycles. The van der Waals surface area contributed by atoms with Gasteiger partial charge in [-0.25, -0.2) is 8.78 Å². The van der Waals surface area contributed by atoms with Gasteiger partial charge >= 0.3 is 0 Å². The number of nitrogens with one attached hydrogen (secondary N) is 1. The van der Waals surface area contributed by atoms with E-state index in [0.29, 0.717) is 17.5 Å². The van der Waals surface area contributed by atoms with Gasteiger partial charge in [-0.15, -0.1) is 0 Å². The van der Waals surface area contributed by atoms with Crippen molar-refractivity contribution in [2.24, 2.45) is 11.8 Å². The van der Waals surface area contributed by atoms with E-state index in [-0.39, 0.29) is 11.6 Å². The summed E-state index contributed by atoms with van der Waals surface area (Å²) in [6.07, 6.45) is 1.03. The van der Waals surface area contributed by atoms with E-state index in [1.807, 2.05) is 4.90 Å². The van der Waals surface area contributed by atoms with Crippen LogP contribution < -0.4 is 10.2 Å². The molecule has 4 heteroatoms. The third kappa shape index (κ3) is 3.90. The minimum Gasteiger partial charge on any atom is -0.369 e. The Labute approximate surface area is 113 Å². The van der Waals surface area contributed by atoms with Crippen molar-refractivity contribution in [3.05, 3.63) is 29.8 Å². The van der Waals surface area contributed by atoms with Gasteiger partial charge in [0.2, 0.25) is 0 Å². The molecule has 0 bridgehead atoms. The van der Waals surface area contributed by atoms with Crippen LogP contribution in [0.3, 0.4) is 0 Å². The highest BCUT2D eigenvalue weighted by molar-refractivity contribution is 5.48. The second kappa shape index (κ2) is 6.33. The van der Waals surface area contributed by atoms with Gasteiger partial charge in [-0.1, -0.05) is 13.8 Å². The van der Waals surface area contributed by atoms with Gasteiger partial charge in [-0.2, -0.15) is 0 Å². The molecule has 0 amide bonds. The fourth-order valence-corrected chi connectivity index (χ4v) is 2.52. The second-order valence-electron chi connectivity index (χ2n) is 5.75. The van der Waals surface area contributed by atoms with Gasteiger partial charge in [0, 0.05) is 19.2 Å². The van der Waals surface area contributed by atoms with Gasteiger partial charge in [0.25, 0.3) is 0 Å². The maximum absolute atomic E-state index is 13.7. The van der Waals surface area contributed by atoms with Gasteiger partial charge < -0.3 is 10.2 Å². The highest BCUT2D eigenvalue weighted by Gasteiger charge is 2.24. The lowest BCUT2D eigenvalue weighted by atomic mass is 10.1. The number of benzene rings is 1. The molecule has 1 atom stereocenters. The lowest BCUT2D eigenvalue weighted by molar-refractivity contribution is 0.477. The third-order valence-electron chi connectivity index (χ3n) is 3.52. The van der Waals surface area contributed by atoms with Gasteiger partial charge in [-0.3, -0.25) is 0 Å². The first-order valence-electron chi connectivity index (χ1n) is 6.97.